The van der Waals surface area contributed by atoms with E-state index in [1.807, 2.05) is 18.2 Å². The van der Waals surface area contributed by atoms with Crippen LogP contribution in [-0.4, -0.2) is 32.4 Å². The number of methoxy groups -OCH3 is 1. The summed E-state index contributed by atoms with van der Waals surface area (Å²) < 4.78 is 11.1. The minimum absolute atomic E-state index is 0.237. The number of nitrogens with zero attached hydrogens (tertiary/aromatic N) is 1. The molecule has 1 aromatic carbocycles. The van der Waals surface area contributed by atoms with Gasteiger partial charge in [-0.1, -0.05) is 0 Å². The molecule has 0 amide bonds. The van der Waals surface area contributed by atoms with E-state index in [2.05, 4.69) is 18.7 Å². The van der Waals surface area contributed by atoms with Gasteiger partial charge in [0.15, 0.2) is 0 Å². The third kappa shape index (κ3) is 2.64. The number of ether oxygens (including phenoxy) is 2. The lowest BCUT2D eigenvalue weighted by Crippen LogP contribution is -2.45. The van der Waals surface area contributed by atoms with Crippen LogP contribution in [0.1, 0.15) is 13.8 Å². The molecule has 17 heavy (non-hydrogen) atoms. The van der Waals surface area contributed by atoms with Gasteiger partial charge in [-0.3, -0.25) is 0 Å². The largest absolute Gasteiger partial charge is 0.495 e. The molecule has 4 nitrogen and oxygen atoms in total. The monoisotopic (exact) mass is 236 g/mol. The molecule has 1 heterocycles. The van der Waals surface area contributed by atoms with Gasteiger partial charge in [-0.05, 0) is 26.0 Å². The minimum Gasteiger partial charge on any atom is -0.495 e. The second-order valence-electron chi connectivity index (χ2n) is 4.59. The Kier molecular flexibility index (Phi) is 3.43. The molecule has 0 bridgehead atoms. The van der Waals surface area contributed by atoms with Crippen LogP contribution in [0.3, 0.4) is 0 Å². The van der Waals surface area contributed by atoms with Crippen molar-refractivity contribution in [1.29, 1.82) is 0 Å². The lowest BCUT2D eigenvalue weighted by Gasteiger charge is -2.37. The fraction of sp³-hybridized carbons (Fsp3) is 0.538. The number of hydrogen-bond donors (Lipinski definition) is 1. The number of hydrogen-bond acceptors (Lipinski definition) is 4. The minimum atomic E-state index is 0.237. The summed E-state index contributed by atoms with van der Waals surface area (Å²) in [6.45, 7) is 5.94. The number of morpholine rings is 1. The Balaban J connectivity index is 2.26. The number of rotatable bonds is 2. The maximum absolute atomic E-state index is 5.76. The van der Waals surface area contributed by atoms with Crippen molar-refractivity contribution in [3.05, 3.63) is 18.2 Å². The first kappa shape index (κ1) is 12.0. The first-order valence-corrected chi connectivity index (χ1v) is 5.94. The Morgan fingerprint density at radius 1 is 1.29 bits per heavy atom. The SMILES string of the molecule is COc1cc(N)ccc1N1CC(C)OC(C)C1. The van der Waals surface area contributed by atoms with Crippen molar-refractivity contribution in [3.8, 4) is 5.75 Å². The zero-order valence-electron chi connectivity index (χ0n) is 10.6. The Morgan fingerprint density at radius 2 is 1.94 bits per heavy atom. The van der Waals surface area contributed by atoms with Crippen LogP contribution in [-0.2, 0) is 4.74 Å². The smallest absolute Gasteiger partial charge is 0.144 e. The first-order chi connectivity index (χ1) is 8.10. The maximum Gasteiger partial charge on any atom is 0.144 e. The van der Waals surface area contributed by atoms with E-state index in [9.17, 15) is 0 Å². The number of nitrogens with two attached hydrogens (primary N) is 1. The normalized spacial score (nSPS) is 24.8. The van der Waals surface area contributed by atoms with Crippen molar-refractivity contribution < 1.29 is 9.47 Å². The van der Waals surface area contributed by atoms with Crippen LogP contribution in [0.5, 0.6) is 5.75 Å². The van der Waals surface area contributed by atoms with Gasteiger partial charge in [-0.15, -0.1) is 0 Å². The van der Waals surface area contributed by atoms with Crippen LogP contribution < -0.4 is 15.4 Å². The predicted octanol–water partition coefficient (Wildman–Crippen LogP) is 1.89. The van der Waals surface area contributed by atoms with E-state index < -0.39 is 0 Å². The third-order valence-corrected chi connectivity index (χ3v) is 2.96. The van der Waals surface area contributed by atoms with Gasteiger partial charge in [0.25, 0.3) is 0 Å². The summed E-state index contributed by atoms with van der Waals surface area (Å²) in [6, 6.07) is 5.78. The Bertz CT molecular complexity index is 385. The lowest BCUT2D eigenvalue weighted by atomic mass is 10.1. The van der Waals surface area contributed by atoms with Gasteiger partial charge in [0, 0.05) is 24.8 Å². The van der Waals surface area contributed by atoms with Gasteiger partial charge in [0.1, 0.15) is 5.75 Å². The number of nitrogen functional groups attached to an aromatic ring is 1. The molecule has 1 fully saturated rings. The molecule has 0 saturated carbocycles. The van der Waals surface area contributed by atoms with Crippen molar-refractivity contribution >= 4 is 11.4 Å². The highest BCUT2D eigenvalue weighted by molar-refractivity contribution is 5.64. The van der Waals surface area contributed by atoms with E-state index in [1.165, 1.54) is 0 Å². The second-order valence-corrected chi connectivity index (χ2v) is 4.59. The lowest BCUT2D eigenvalue weighted by molar-refractivity contribution is -0.00532. The highest BCUT2D eigenvalue weighted by Gasteiger charge is 2.24. The first-order valence-electron chi connectivity index (χ1n) is 5.94. The summed E-state index contributed by atoms with van der Waals surface area (Å²) in [5.41, 5.74) is 7.57. The third-order valence-electron chi connectivity index (χ3n) is 2.96. The molecule has 94 valence electrons. The van der Waals surface area contributed by atoms with E-state index in [0.717, 1.165) is 30.2 Å². The van der Waals surface area contributed by atoms with Gasteiger partial charge in [0.05, 0.1) is 25.0 Å². The molecular formula is C13H20N2O2. The summed E-state index contributed by atoms with van der Waals surface area (Å²) in [4.78, 5) is 2.29. The van der Waals surface area contributed by atoms with Crippen molar-refractivity contribution in [3.63, 3.8) is 0 Å². The maximum atomic E-state index is 5.76. The fourth-order valence-electron chi connectivity index (χ4n) is 2.33. The van der Waals surface area contributed by atoms with Gasteiger partial charge < -0.3 is 20.1 Å². The molecule has 4 heteroatoms. The van der Waals surface area contributed by atoms with Crippen molar-refractivity contribution in [2.75, 3.05) is 30.8 Å². The summed E-state index contributed by atoms with van der Waals surface area (Å²) in [6.07, 6.45) is 0.474. The van der Waals surface area contributed by atoms with E-state index in [-0.39, 0.29) is 12.2 Å². The van der Waals surface area contributed by atoms with Gasteiger partial charge in [-0.25, -0.2) is 0 Å². The molecule has 0 aromatic heterocycles. The number of benzene rings is 1. The molecule has 2 rings (SSSR count). The van der Waals surface area contributed by atoms with E-state index >= 15 is 0 Å². The van der Waals surface area contributed by atoms with E-state index in [4.69, 9.17) is 15.2 Å². The molecule has 1 aromatic rings. The van der Waals surface area contributed by atoms with Crippen LogP contribution >= 0.6 is 0 Å². The topological polar surface area (TPSA) is 47.7 Å². The molecular weight excluding hydrogens is 216 g/mol. The molecule has 2 unspecified atom stereocenters. The van der Waals surface area contributed by atoms with Crippen LogP contribution in [0.4, 0.5) is 11.4 Å². The van der Waals surface area contributed by atoms with E-state index in [0.29, 0.717) is 0 Å². The summed E-state index contributed by atoms with van der Waals surface area (Å²) >= 11 is 0. The standard InChI is InChI=1S/C13H20N2O2/c1-9-7-15(8-10(2)17-9)12-5-4-11(14)6-13(12)16-3/h4-6,9-10H,7-8,14H2,1-3H3. The summed E-state index contributed by atoms with van der Waals surface area (Å²) in [7, 11) is 1.67. The molecule has 1 saturated heterocycles. The van der Waals surface area contributed by atoms with Crippen molar-refractivity contribution in [2.45, 2.75) is 26.1 Å². The summed E-state index contributed by atoms with van der Waals surface area (Å²) in [5, 5.41) is 0. The average Bonchev–Trinajstić information content (AvgIpc) is 2.27. The molecule has 0 spiro atoms. The highest BCUT2D eigenvalue weighted by Crippen LogP contribution is 2.32. The van der Waals surface area contributed by atoms with Gasteiger partial charge in [0.2, 0.25) is 0 Å². The fourth-order valence-corrected chi connectivity index (χ4v) is 2.33. The number of anilines is 2. The zero-order chi connectivity index (χ0) is 12.4. The van der Waals surface area contributed by atoms with Crippen molar-refractivity contribution in [1.82, 2.24) is 0 Å². The molecule has 0 aliphatic carbocycles. The van der Waals surface area contributed by atoms with Crippen LogP contribution in [0.15, 0.2) is 18.2 Å². The van der Waals surface area contributed by atoms with Crippen LogP contribution in [0, 0.1) is 0 Å². The Morgan fingerprint density at radius 3 is 2.53 bits per heavy atom. The van der Waals surface area contributed by atoms with Crippen LogP contribution in [0.25, 0.3) is 0 Å². The molecule has 1 aliphatic rings. The predicted molar refractivity (Wildman–Crippen MR) is 69.6 cm³/mol. The van der Waals surface area contributed by atoms with Gasteiger partial charge >= 0.3 is 0 Å². The molecule has 0 radical (unpaired) electrons. The molecule has 2 atom stereocenters. The molecule has 2 N–H and O–H groups in total. The quantitative estimate of drug-likeness (QED) is 0.797. The van der Waals surface area contributed by atoms with E-state index in [1.54, 1.807) is 7.11 Å². The highest BCUT2D eigenvalue weighted by atomic mass is 16.5. The van der Waals surface area contributed by atoms with Crippen molar-refractivity contribution in [2.24, 2.45) is 0 Å². The van der Waals surface area contributed by atoms with Gasteiger partial charge in [-0.2, -0.15) is 0 Å². The Labute approximate surface area is 102 Å². The summed E-state index contributed by atoms with van der Waals surface area (Å²) in [5.74, 6) is 0.825. The average molecular weight is 236 g/mol. The second kappa shape index (κ2) is 4.84. The zero-order valence-corrected chi connectivity index (χ0v) is 10.6. The molecule has 1 aliphatic heterocycles. The van der Waals surface area contributed by atoms with Crippen LogP contribution in [0.2, 0.25) is 0 Å². The Hall–Kier alpha value is -1.42.